The molecule has 19 heavy (non-hydrogen) atoms. The Balaban J connectivity index is 1.87. The van der Waals surface area contributed by atoms with Crippen molar-refractivity contribution >= 4 is 11.3 Å². The zero-order chi connectivity index (χ0) is 13.5. The molecular weight excluding hydrogens is 256 g/mol. The van der Waals surface area contributed by atoms with E-state index in [1.807, 2.05) is 11.3 Å². The summed E-state index contributed by atoms with van der Waals surface area (Å²) in [7, 11) is 0. The number of hydrogen-bond acceptors (Lipinski definition) is 4. The highest BCUT2D eigenvalue weighted by Crippen LogP contribution is 2.39. The molecule has 1 saturated heterocycles. The number of rotatable bonds is 5. The number of thiazole rings is 1. The van der Waals surface area contributed by atoms with Crippen LogP contribution in [0.4, 0.5) is 0 Å². The zero-order valence-corrected chi connectivity index (χ0v) is 12.9. The highest BCUT2D eigenvalue weighted by molar-refractivity contribution is 7.09. The predicted molar refractivity (Wildman–Crippen MR) is 78.6 cm³/mol. The summed E-state index contributed by atoms with van der Waals surface area (Å²) >= 11 is 1.81. The van der Waals surface area contributed by atoms with Crippen LogP contribution >= 0.6 is 11.3 Å². The van der Waals surface area contributed by atoms with E-state index < -0.39 is 0 Å². The van der Waals surface area contributed by atoms with E-state index in [1.165, 1.54) is 23.5 Å². The summed E-state index contributed by atoms with van der Waals surface area (Å²) in [6.45, 7) is 8.52. The normalized spacial score (nSPS) is 26.8. The van der Waals surface area contributed by atoms with Gasteiger partial charge in [-0.1, -0.05) is 13.8 Å². The van der Waals surface area contributed by atoms with Gasteiger partial charge in [0, 0.05) is 23.9 Å². The lowest BCUT2D eigenvalue weighted by Crippen LogP contribution is -2.47. The van der Waals surface area contributed by atoms with Gasteiger partial charge in [-0.2, -0.15) is 0 Å². The maximum absolute atomic E-state index is 5.62. The third-order valence-corrected chi connectivity index (χ3v) is 5.48. The smallest absolute Gasteiger partial charge is 0.113 e. The van der Waals surface area contributed by atoms with Gasteiger partial charge in [-0.15, -0.1) is 11.3 Å². The van der Waals surface area contributed by atoms with Crippen LogP contribution in [0.25, 0.3) is 0 Å². The maximum Gasteiger partial charge on any atom is 0.113 e. The Morgan fingerprint density at radius 2 is 2.21 bits per heavy atom. The first-order valence-corrected chi connectivity index (χ1v) is 8.29. The van der Waals surface area contributed by atoms with Crippen LogP contribution in [0, 0.1) is 5.92 Å². The van der Waals surface area contributed by atoms with E-state index in [1.54, 1.807) is 0 Å². The van der Waals surface area contributed by atoms with Crippen LogP contribution in [0.3, 0.4) is 0 Å². The number of nitrogens with one attached hydrogen (secondary N) is 1. The molecule has 3 rings (SSSR count). The van der Waals surface area contributed by atoms with Crippen molar-refractivity contribution in [2.75, 3.05) is 13.2 Å². The lowest BCUT2D eigenvalue weighted by molar-refractivity contribution is 0.151. The Hall–Kier alpha value is -0.450. The summed E-state index contributed by atoms with van der Waals surface area (Å²) in [5.41, 5.74) is 1.22. The largest absolute Gasteiger partial charge is 0.381 e. The van der Waals surface area contributed by atoms with Gasteiger partial charge in [0.05, 0.1) is 17.8 Å². The minimum Gasteiger partial charge on any atom is -0.381 e. The molecule has 0 bridgehead atoms. The van der Waals surface area contributed by atoms with E-state index in [4.69, 9.17) is 9.72 Å². The summed E-state index contributed by atoms with van der Waals surface area (Å²) in [5, 5.41) is 7.32. The summed E-state index contributed by atoms with van der Waals surface area (Å²) < 4.78 is 5.62. The lowest BCUT2D eigenvalue weighted by atomic mass is 9.85. The molecule has 2 aliphatic rings. The van der Waals surface area contributed by atoms with Crippen LogP contribution in [0.15, 0.2) is 5.38 Å². The minimum atomic E-state index is -0.00449. The van der Waals surface area contributed by atoms with Crippen LogP contribution in [0.5, 0.6) is 0 Å². The Kier molecular flexibility index (Phi) is 3.67. The molecule has 1 aliphatic heterocycles. The molecule has 1 N–H and O–H groups in total. The van der Waals surface area contributed by atoms with Crippen LogP contribution < -0.4 is 5.32 Å². The molecule has 0 aromatic carbocycles. The van der Waals surface area contributed by atoms with E-state index in [0.717, 1.165) is 19.6 Å². The second kappa shape index (κ2) is 5.15. The topological polar surface area (TPSA) is 34.1 Å². The van der Waals surface area contributed by atoms with Crippen molar-refractivity contribution in [3.63, 3.8) is 0 Å². The minimum absolute atomic E-state index is 0.00449. The molecule has 0 amide bonds. The average Bonchev–Trinajstić information content (AvgIpc) is 2.93. The van der Waals surface area contributed by atoms with Crippen molar-refractivity contribution in [3.05, 3.63) is 16.1 Å². The van der Waals surface area contributed by atoms with Gasteiger partial charge in [-0.25, -0.2) is 4.98 Å². The average molecular weight is 280 g/mol. The standard InChI is InChI=1S/C15H24N2OS/c1-10(2)13-9-19-14(16-13)15(3,17-12-4-5-12)11-6-7-18-8-11/h9-12,17H,4-8H2,1-3H3. The third-order valence-electron chi connectivity index (χ3n) is 4.39. The summed E-state index contributed by atoms with van der Waals surface area (Å²) in [5.74, 6) is 1.06. The highest BCUT2D eigenvalue weighted by Gasteiger charge is 2.43. The first-order chi connectivity index (χ1) is 9.09. The van der Waals surface area contributed by atoms with Crippen LogP contribution in [-0.2, 0) is 10.3 Å². The molecule has 2 unspecified atom stereocenters. The molecule has 1 aromatic heterocycles. The Morgan fingerprint density at radius 1 is 1.42 bits per heavy atom. The van der Waals surface area contributed by atoms with Gasteiger partial charge in [0.25, 0.3) is 0 Å². The van der Waals surface area contributed by atoms with E-state index in [-0.39, 0.29) is 5.54 Å². The van der Waals surface area contributed by atoms with E-state index in [9.17, 15) is 0 Å². The van der Waals surface area contributed by atoms with Gasteiger partial charge in [-0.05, 0) is 32.1 Å². The summed E-state index contributed by atoms with van der Waals surface area (Å²) in [6.07, 6.45) is 3.77. The molecule has 2 heterocycles. The Morgan fingerprint density at radius 3 is 2.74 bits per heavy atom. The lowest BCUT2D eigenvalue weighted by Gasteiger charge is -2.34. The Labute approximate surface area is 119 Å². The molecule has 1 aromatic rings. The van der Waals surface area contributed by atoms with E-state index >= 15 is 0 Å². The number of hydrogen-bond donors (Lipinski definition) is 1. The molecular formula is C15H24N2OS. The second-order valence-electron chi connectivity index (χ2n) is 6.41. The van der Waals surface area contributed by atoms with Crippen LogP contribution in [-0.4, -0.2) is 24.2 Å². The van der Waals surface area contributed by atoms with Gasteiger partial charge >= 0.3 is 0 Å². The van der Waals surface area contributed by atoms with Crippen molar-refractivity contribution < 1.29 is 4.74 Å². The van der Waals surface area contributed by atoms with Crippen LogP contribution in [0.1, 0.15) is 56.7 Å². The van der Waals surface area contributed by atoms with Crippen LogP contribution in [0.2, 0.25) is 0 Å². The fourth-order valence-corrected chi connectivity index (χ4v) is 3.97. The number of nitrogens with zero attached hydrogens (tertiary/aromatic N) is 1. The molecule has 1 saturated carbocycles. The first kappa shape index (κ1) is 13.5. The Bertz CT molecular complexity index is 435. The van der Waals surface area contributed by atoms with Crippen molar-refractivity contribution in [3.8, 4) is 0 Å². The van der Waals surface area contributed by atoms with Gasteiger partial charge < -0.3 is 10.1 Å². The molecule has 0 spiro atoms. The van der Waals surface area contributed by atoms with Gasteiger partial charge in [0.15, 0.2) is 0 Å². The fraction of sp³-hybridized carbons (Fsp3) is 0.800. The molecule has 2 fully saturated rings. The first-order valence-electron chi connectivity index (χ1n) is 7.41. The van der Waals surface area contributed by atoms with Crippen molar-refractivity contribution in [1.82, 2.24) is 10.3 Å². The van der Waals surface area contributed by atoms with Crippen molar-refractivity contribution in [2.24, 2.45) is 5.92 Å². The maximum atomic E-state index is 5.62. The molecule has 4 heteroatoms. The van der Waals surface area contributed by atoms with Gasteiger partial charge in [0.2, 0.25) is 0 Å². The summed E-state index contributed by atoms with van der Waals surface area (Å²) in [6, 6.07) is 0.692. The van der Waals surface area contributed by atoms with E-state index in [0.29, 0.717) is 17.9 Å². The summed E-state index contributed by atoms with van der Waals surface area (Å²) in [4.78, 5) is 4.91. The predicted octanol–water partition coefficient (Wildman–Crippen LogP) is 3.27. The van der Waals surface area contributed by atoms with Crippen molar-refractivity contribution in [2.45, 2.75) is 57.5 Å². The number of ether oxygens (including phenoxy) is 1. The zero-order valence-electron chi connectivity index (χ0n) is 12.1. The number of aromatic nitrogens is 1. The SMILES string of the molecule is CC(C)c1csc(C(C)(NC2CC2)C2CCOC2)n1. The monoisotopic (exact) mass is 280 g/mol. The molecule has 106 valence electrons. The van der Waals surface area contributed by atoms with Crippen molar-refractivity contribution in [1.29, 1.82) is 0 Å². The van der Waals surface area contributed by atoms with Gasteiger partial charge in [-0.3, -0.25) is 0 Å². The van der Waals surface area contributed by atoms with Gasteiger partial charge in [0.1, 0.15) is 5.01 Å². The molecule has 2 atom stereocenters. The molecule has 0 radical (unpaired) electrons. The van der Waals surface area contributed by atoms with E-state index in [2.05, 4.69) is 31.5 Å². The highest BCUT2D eigenvalue weighted by atomic mass is 32.1. The third kappa shape index (κ3) is 2.71. The molecule has 1 aliphatic carbocycles. The quantitative estimate of drug-likeness (QED) is 0.899. The second-order valence-corrected chi connectivity index (χ2v) is 7.27. The fourth-order valence-electron chi connectivity index (χ4n) is 2.79. The molecule has 3 nitrogen and oxygen atoms in total.